The van der Waals surface area contributed by atoms with Crippen molar-refractivity contribution in [1.82, 2.24) is 10.2 Å². The molecule has 3 unspecified atom stereocenters. The number of ether oxygens (including phenoxy) is 1. The summed E-state index contributed by atoms with van der Waals surface area (Å²) < 4.78 is 28.3. The number of carbonyl (C=O) groups is 1. The van der Waals surface area contributed by atoms with Gasteiger partial charge in [0.05, 0.1) is 30.3 Å². The first-order chi connectivity index (χ1) is 9.46. The van der Waals surface area contributed by atoms with Gasteiger partial charge in [0.25, 0.3) is 0 Å². The van der Waals surface area contributed by atoms with Gasteiger partial charge in [-0.2, -0.15) is 0 Å². The SMILES string of the molecule is COC1CNC(C(=O)N(CCO)C2CCS(=O)(=O)C2)C1. The number of amides is 1. The summed E-state index contributed by atoms with van der Waals surface area (Å²) in [6, 6.07) is -0.669. The van der Waals surface area contributed by atoms with E-state index in [0.29, 0.717) is 19.4 Å². The number of hydrogen-bond acceptors (Lipinski definition) is 6. The molecular formula is C12H22N2O5S. The maximum absolute atomic E-state index is 12.5. The quantitative estimate of drug-likeness (QED) is 0.633. The van der Waals surface area contributed by atoms with Crippen LogP contribution in [0.2, 0.25) is 0 Å². The van der Waals surface area contributed by atoms with Crippen molar-refractivity contribution in [2.75, 3.05) is 38.3 Å². The van der Waals surface area contributed by atoms with Gasteiger partial charge in [-0.25, -0.2) is 8.42 Å². The molecule has 0 aromatic rings. The number of nitrogens with one attached hydrogen (secondary N) is 1. The summed E-state index contributed by atoms with van der Waals surface area (Å²) >= 11 is 0. The molecule has 2 saturated heterocycles. The minimum absolute atomic E-state index is 0.000827. The molecule has 1 amide bonds. The Morgan fingerprint density at radius 2 is 2.25 bits per heavy atom. The van der Waals surface area contributed by atoms with E-state index in [0.717, 1.165) is 0 Å². The maximum Gasteiger partial charge on any atom is 0.240 e. The Balaban J connectivity index is 2.03. The van der Waals surface area contributed by atoms with Crippen LogP contribution in [0.4, 0.5) is 0 Å². The first-order valence-corrected chi connectivity index (χ1v) is 8.67. The molecule has 0 aliphatic carbocycles. The molecule has 2 heterocycles. The number of methoxy groups -OCH3 is 1. The van der Waals surface area contributed by atoms with E-state index in [2.05, 4.69) is 5.32 Å². The molecular weight excluding hydrogens is 284 g/mol. The third-order valence-corrected chi connectivity index (χ3v) is 5.75. The Morgan fingerprint density at radius 3 is 2.75 bits per heavy atom. The van der Waals surface area contributed by atoms with Gasteiger partial charge in [-0.3, -0.25) is 4.79 Å². The van der Waals surface area contributed by atoms with Gasteiger partial charge in [-0.1, -0.05) is 0 Å². The van der Waals surface area contributed by atoms with Crippen LogP contribution in [0.3, 0.4) is 0 Å². The van der Waals surface area contributed by atoms with E-state index in [4.69, 9.17) is 9.84 Å². The second-order valence-electron chi connectivity index (χ2n) is 5.37. The van der Waals surface area contributed by atoms with E-state index in [1.54, 1.807) is 7.11 Å². The predicted molar refractivity (Wildman–Crippen MR) is 73.1 cm³/mol. The second-order valence-corrected chi connectivity index (χ2v) is 7.60. The normalized spacial score (nSPS) is 32.4. The molecule has 0 aromatic carbocycles. The maximum atomic E-state index is 12.5. The van der Waals surface area contributed by atoms with Gasteiger partial charge < -0.3 is 20.1 Å². The van der Waals surface area contributed by atoms with Crippen molar-refractivity contribution in [3.8, 4) is 0 Å². The molecule has 2 aliphatic rings. The number of sulfone groups is 1. The summed E-state index contributed by atoms with van der Waals surface area (Å²) in [4.78, 5) is 14.0. The lowest BCUT2D eigenvalue weighted by Gasteiger charge is -2.30. The summed E-state index contributed by atoms with van der Waals surface area (Å²) in [5.41, 5.74) is 0. The van der Waals surface area contributed by atoms with Crippen LogP contribution in [0.1, 0.15) is 12.8 Å². The van der Waals surface area contributed by atoms with Gasteiger partial charge in [-0.15, -0.1) is 0 Å². The molecule has 2 fully saturated rings. The van der Waals surface area contributed by atoms with Crippen LogP contribution in [-0.4, -0.2) is 80.8 Å². The summed E-state index contributed by atoms with van der Waals surface area (Å²) in [5, 5.41) is 12.2. The Kier molecular flexibility index (Phi) is 5.00. The van der Waals surface area contributed by atoms with Gasteiger partial charge in [0.1, 0.15) is 0 Å². The molecule has 0 bridgehead atoms. The predicted octanol–water partition coefficient (Wildman–Crippen LogP) is -1.63. The molecule has 2 aliphatic heterocycles. The van der Waals surface area contributed by atoms with Crippen LogP contribution in [0, 0.1) is 0 Å². The van der Waals surface area contributed by atoms with Gasteiger partial charge in [0.2, 0.25) is 5.91 Å². The molecule has 2 N–H and O–H groups in total. The van der Waals surface area contributed by atoms with E-state index in [1.165, 1.54) is 4.90 Å². The fourth-order valence-corrected chi connectivity index (χ4v) is 4.60. The zero-order valence-corrected chi connectivity index (χ0v) is 12.4. The highest BCUT2D eigenvalue weighted by molar-refractivity contribution is 7.91. The zero-order valence-electron chi connectivity index (χ0n) is 11.6. The van der Waals surface area contributed by atoms with Crippen LogP contribution in [0.5, 0.6) is 0 Å². The summed E-state index contributed by atoms with van der Waals surface area (Å²) in [7, 11) is -1.45. The Hall–Kier alpha value is -0.700. The zero-order chi connectivity index (χ0) is 14.8. The lowest BCUT2D eigenvalue weighted by molar-refractivity contribution is -0.135. The number of carbonyl (C=O) groups excluding carboxylic acids is 1. The van der Waals surface area contributed by atoms with Crippen molar-refractivity contribution in [2.24, 2.45) is 0 Å². The van der Waals surface area contributed by atoms with Crippen molar-refractivity contribution >= 4 is 15.7 Å². The summed E-state index contributed by atoms with van der Waals surface area (Å²) in [6.45, 7) is 0.625. The highest BCUT2D eigenvalue weighted by Crippen LogP contribution is 2.20. The average molecular weight is 306 g/mol. The third kappa shape index (κ3) is 3.49. The summed E-state index contributed by atoms with van der Waals surface area (Å²) in [5.74, 6) is -0.0223. The third-order valence-electron chi connectivity index (χ3n) is 4.00. The number of aliphatic hydroxyl groups is 1. The van der Waals surface area contributed by atoms with Gasteiger partial charge >= 0.3 is 0 Å². The van der Waals surface area contributed by atoms with Gasteiger partial charge in [-0.05, 0) is 12.8 Å². The van der Waals surface area contributed by atoms with Crippen molar-refractivity contribution in [3.63, 3.8) is 0 Å². The first kappa shape index (κ1) is 15.7. The first-order valence-electron chi connectivity index (χ1n) is 6.85. The molecule has 7 nitrogen and oxygen atoms in total. The van der Waals surface area contributed by atoms with Crippen molar-refractivity contribution in [1.29, 1.82) is 0 Å². The lowest BCUT2D eigenvalue weighted by Crippen LogP contribution is -2.50. The molecule has 0 radical (unpaired) electrons. The molecule has 2 rings (SSSR count). The smallest absolute Gasteiger partial charge is 0.240 e. The highest BCUT2D eigenvalue weighted by Gasteiger charge is 2.38. The van der Waals surface area contributed by atoms with Crippen LogP contribution in [0.15, 0.2) is 0 Å². The Labute approximate surface area is 119 Å². The second kappa shape index (κ2) is 6.38. The van der Waals surface area contributed by atoms with E-state index in [1.807, 2.05) is 0 Å². The fraction of sp³-hybridized carbons (Fsp3) is 0.917. The standard InChI is InChI=1S/C12H22N2O5S/c1-19-10-6-11(13-7-10)12(16)14(3-4-15)9-2-5-20(17,18)8-9/h9-11,13,15H,2-8H2,1H3. The van der Waals surface area contributed by atoms with E-state index in [-0.39, 0.29) is 48.8 Å². The monoisotopic (exact) mass is 306 g/mol. The van der Waals surface area contributed by atoms with Crippen molar-refractivity contribution < 1.29 is 23.1 Å². The van der Waals surface area contributed by atoms with Crippen LogP contribution >= 0.6 is 0 Å². The molecule has 3 atom stereocenters. The van der Waals surface area contributed by atoms with E-state index < -0.39 is 9.84 Å². The fourth-order valence-electron chi connectivity index (χ4n) is 2.87. The molecule has 0 spiro atoms. The molecule has 8 heteroatoms. The van der Waals surface area contributed by atoms with Crippen molar-refractivity contribution in [2.45, 2.75) is 31.0 Å². The lowest BCUT2D eigenvalue weighted by atomic mass is 10.1. The summed E-state index contributed by atoms with van der Waals surface area (Å²) in [6.07, 6.45) is 1.04. The number of hydrogen-bond donors (Lipinski definition) is 2. The minimum Gasteiger partial charge on any atom is -0.395 e. The highest BCUT2D eigenvalue weighted by atomic mass is 32.2. The van der Waals surface area contributed by atoms with E-state index >= 15 is 0 Å². The van der Waals surface area contributed by atoms with Crippen LogP contribution in [0.25, 0.3) is 0 Å². The Morgan fingerprint density at radius 1 is 1.50 bits per heavy atom. The Bertz CT molecular complexity index is 453. The van der Waals surface area contributed by atoms with Crippen LogP contribution < -0.4 is 5.32 Å². The number of nitrogens with zero attached hydrogens (tertiary/aromatic N) is 1. The molecule has 0 aromatic heterocycles. The topological polar surface area (TPSA) is 95.9 Å². The largest absolute Gasteiger partial charge is 0.395 e. The molecule has 20 heavy (non-hydrogen) atoms. The average Bonchev–Trinajstić information content (AvgIpc) is 3.01. The van der Waals surface area contributed by atoms with Crippen molar-refractivity contribution in [3.05, 3.63) is 0 Å². The number of aliphatic hydroxyl groups excluding tert-OH is 1. The molecule has 0 saturated carbocycles. The van der Waals surface area contributed by atoms with E-state index in [9.17, 15) is 13.2 Å². The van der Waals surface area contributed by atoms with Gasteiger partial charge in [0.15, 0.2) is 9.84 Å². The van der Waals surface area contributed by atoms with Gasteiger partial charge in [0, 0.05) is 26.2 Å². The number of rotatable bonds is 5. The van der Waals surface area contributed by atoms with Crippen LogP contribution in [-0.2, 0) is 19.4 Å². The minimum atomic E-state index is -3.05. The molecule has 116 valence electrons.